The van der Waals surface area contributed by atoms with E-state index in [1.54, 1.807) is 0 Å². The number of hydrogen-bond donors (Lipinski definition) is 0. The van der Waals surface area contributed by atoms with Crippen LogP contribution in [0.3, 0.4) is 0 Å². The minimum absolute atomic E-state index is 0.0683. The molecule has 3 nitrogen and oxygen atoms in total. The van der Waals surface area contributed by atoms with Crippen molar-refractivity contribution < 1.29 is 9.53 Å². The molecule has 2 aromatic rings. The van der Waals surface area contributed by atoms with Crippen LogP contribution in [0.25, 0.3) is 0 Å². The Morgan fingerprint density at radius 1 is 1.04 bits per heavy atom. The third-order valence-electron chi connectivity index (χ3n) is 3.80. The normalized spacial score (nSPS) is 14.0. The molecule has 4 heteroatoms. The van der Waals surface area contributed by atoms with E-state index >= 15 is 0 Å². The maximum atomic E-state index is 12.6. The van der Waals surface area contributed by atoms with Gasteiger partial charge >= 0.3 is 157 Å². The van der Waals surface area contributed by atoms with Gasteiger partial charge in [0, 0.05) is 0 Å². The number of carbonyl (C=O) groups excluding carboxylic acids is 1. The summed E-state index contributed by atoms with van der Waals surface area (Å²) in [5.41, 5.74) is 1.68. The number of carbonyl (C=O) groups is 1. The van der Waals surface area contributed by atoms with Gasteiger partial charge in [-0.25, -0.2) is 0 Å². The molecule has 0 saturated carbocycles. The van der Waals surface area contributed by atoms with Crippen LogP contribution in [-0.4, -0.2) is 33.2 Å². The van der Waals surface area contributed by atoms with E-state index in [4.69, 9.17) is 9.73 Å². The van der Waals surface area contributed by atoms with Crippen molar-refractivity contribution in [1.29, 1.82) is 0 Å². The molecule has 132 valence electrons. The number of nitrogens with zero attached hydrogens (tertiary/aromatic N) is 1. The predicted molar refractivity (Wildman–Crippen MR) is 105 cm³/mol. The fraction of sp³-hybridized carbons (Fsp3) is 0.333. The van der Waals surface area contributed by atoms with Crippen molar-refractivity contribution in [2.75, 3.05) is 6.61 Å². The quantitative estimate of drug-likeness (QED) is 0.381. The molecular formula is C21H25NO2Se. The molecule has 0 aliphatic heterocycles. The predicted octanol–water partition coefficient (Wildman–Crippen LogP) is 3.98. The maximum absolute atomic E-state index is 12.6. The average molecular weight is 402 g/mol. The van der Waals surface area contributed by atoms with Crippen molar-refractivity contribution >= 4 is 31.1 Å². The monoisotopic (exact) mass is 403 g/mol. The molecule has 2 rings (SSSR count). The van der Waals surface area contributed by atoms with Crippen LogP contribution in [-0.2, 0) is 9.53 Å². The van der Waals surface area contributed by atoms with E-state index in [0.29, 0.717) is 12.3 Å². The molecule has 0 aromatic heterocycles. The van der Waals surface area contributed by atoms with E-state index in [1.807, 2.05) is 62.4 Å². The number of rotatable bonds is 8. The fourth-order valence-electron chi connectivity index (χ4n) is 2.48. The molecular weight excluding hydrogens is 377 g/mol. The van der Waals surface area contributed by atoms with Crippen molar-refractivity contribution in [3.05, 3.63) is 66.2 Å². The summed E-state index contributed by atoms with van der Waals surface area (Å²) in [7, 11) is 0. The average Bonchev–Trinajstić information content (AvgIpc) is 2.66. The summed E-state index contributed by atoms with van der Waals surface area (Å²) in [4.78, 5) is 17.5. The molecule has 0 N–H and O–H groups in total. The summed E-state index contributed by atoms with van der Waals surface area (Å²) in [6.45, 7) is 6.33. The molecule has 0 aliphatic carbocycles. The Kier molecular flexibility index (Phi) is 7.90. The molecule has 0 saturated heterocycles. The second-order valence-electron chi connectivity index (χ2n) is 5.65. The fourth-order valence-corrected chi connectivity index (χ4v) is 4.74. The van der Waals surface area contributed by atoms with Crippen molar-refractivity contribution in [3.8, 4) is 0 Å². The van der Waals surface area contributed by atoms with Crippen LogP contribution in [0.2, 0.25) is 4.82 Å². The van der Waals surface area contributed by atoms with Crippen molar-refractivity contribution in [1.82, 2.24) is 0 Å². The summed E-state index contributed by atoms with van der Waals surface area (Å²) in [6.07, 6.45) is 0.869. The van der Waals surface area contributed by atoms with E-state index in [2.05, 4.69) is 19.1 Å². The third kappa shape index (κ3) is 5.84. The number of aliphatic imine (C=N–C) groups is 1. The molecule has 0 radical (unpaired) electrons. The first-order valence-corrected chi connectivity index (χ1v) is 10.5. The Morgan fingerprint density at radius 3 is 2.20 bits per heavy atom. The van der Waals surface area contributed by atoms with Crippen LogP contribution >= 0.6 is 0 Å². The van der Waals surface area contributed by atoms with Gasteiger partial charge in [0.1, 0.15) is 0 Å². The van der Waals surface area contributed by atoms with Gasteiger partial charge < -0.3 is 0 Å². The van der Waals surface area contributed by atoms with E-state index in [-0.39, 0.29) is 31.8 Å². The van der Waals surface area contributed by atoms with Gasteiger partial charge in [-0.1, -0.05) is 0 Å². The molecule has 0 aliphatic rings. The zero-order valence-corrected chi connectivity index (χ0v) is 16.7. The topological polar surface area (TPSA) is 38.7 Å². The molecule has 0 spiro atoms. The first kappa shape index (κ1) is 19.4. The Balaban J connectivity index is 2.29. The molecule has 0 heterocycles. The van der Waals surface area contributed by atoms with Gasteiger partial charge in [0.15, 0.2) is 0 Å². The zero-order valence-electron chi connectivity index (χ0n) is 15.0. The van der Waals surface area contributed by atoms with Gasteiger partial charge in [0.2, 0.25) is 0 Å². The van der Waals surface area contributed by atoms with E-state index in [0.717, 1.165) is 12.0 Å². The molecule has 0 fully saturated rings. The number of hydrogen-bond acceptors (Lipinski definition) is 3. The number of esters is 1. The van der Waals surface area contributed by atoms with Gasteiger partial charge in [0.25, 0.3) is 0 Å². The standard InChI is InChI=1S/C21H25NO2Se/c1-4-19(25-18-14-10-7-11-15-18)20(21(23)24-5-2)22-16(3)17-12-8-6-9-13-17/h6-16,19H,4-5H2,1-3H3/t16-,19?/m0/s1. The summed E-state index contributed by atoms with van der Waals surface area (Å²) in [5, 5.41) is 0. The first-order valence-electron chi connectivity index (χ1n) is 8.67. The molecule has 1 unspecified atom stereocenters. The second kappa shape index (κ2) is 10.2. The van der Waals surface area contributed by atoms with Gasteiger partial charge in [-0.05, 0) is 0 Å². The Hall–Kier alpha value is -1.90. The van der Waals surface area contributed by atoms with Crippen LogP contribution in [0.5, 0.6) is 0 Å². The summed E-state index contributed by atoms with van der Waals surface area (Å²) in [6, 6.07) is 20.3. The molecule has 2 atom stereocenters. The van der Waals surface area contributed by atoms with Crippen molar-refractivity contribution in [2.24, 2.45) is 4.99 Å². The van der Waals surface area contributed by atoms with E-state index < -0.39 is 0 Å². The summed E-state index contributed by atoms with van der Waals surface area (Å²) in [5.74, 6) is -0.282. The van der Waals surface area contributed by atoms with Crippen molar-refractivity contribution in [3.63, 3.8) is 0 Å². The van der Waals surface area contributed by atoms with Crippen molar-refractivity contribution in [2.45, 2.75) is 38.1 Å². The van der Waals surface area contributed by atoms with E-state index in [9.17, 15) is 4.79 Å². The van der Waals surface area contributed by atoms with Crippen LogP contribution < -0.4 is 4.46 Å². The first-order chi connectivity index (χ1) is 12.2. The summed E-state index contributed by atoms with van der Waals surface area (Å²) >= 11 is 0.137. The zero-order chi connectivity index (χ0) is 18.1. The second-order valence-corrected chi connectivity index (χ2v) is 8.33. The van der Waals surface area contributed by atoms with Crippen LogP contribution in [0.4, 0.5) is 0 Å². The minimum atomic E-state index is -0.282. The number of benzene rings is 2. The Morgan fingerprint density at radius 2 is 1.64 bits per heavy atom. The van der Waals surface area contributed by atoms with E-state index in [1.165, 1.54) is 4.46 Å². The molecule has 0 amide bonds. The third-order valence-corrected chi connectivity index (χ3v) is 6.70. The Labute approximate surface area is 156 Å². The summed E-state index contributed by atoms with van der Waals surface area (Å²) < 4.78 is 6.57. The van der Waals surface area contributed by atoms with Gasteiger partial charge in [-0.2, -0.15) is 0 Å². The van der Waals surface area contributed by atoms with Crippen LogP contribution in [0.15, 0.2) is 65.7 Å². The van der Waals surface area contributed by atoms with Gasteiger partial charge in [-0.3, -0.25) is 0 Å². The Bertz CT molecular complexity index is 686. The molecule has 25 heavy (non-hydrogen) atoms. The van der Waals surface area contributed by atoms with Gasteiger partial charge in [-0.15, -0.1) is 0 Å². The van der Waals surface area contributed by atoms with Gasteiger partial charge in [0.05, 0.1) is 0 Å². The number of ether oxygens (including phenoxy) is 1. The SMILES string of the molecule is CCOC(=O)C(=N[C@@H](C)c1ccccc1)C(CC)[Se]c1ccccc1. The molecule has 0 bridgehead atoms. The van der Waals surface area contributed by atoms with Crippen LogP contribution in [0, 0.1) is 0 Å². The van der Waals surface area contributed by atoms with Crippen LogP contribution in [0.1, 0.15) is 38.8 Å². The molecule has 2 aromatic carbocycles.